The lowest BCUT2D eigenvalue weighted by atomic mass is 10.1. The molecule has 126 valence electrons. The Morgan fingerprint density at radius 2 is 2.08 bits per heavy atom. The van der Waals surface area contributed by atoms with Gasteiger partial charge < -0.3 is 14.7 Å². The second-order valence-corrected chi connectivity index (χ2v) is 5.80. The van der Waals surface area contributed by atoms with Gasteiger partial charge in [-0.1, -0.05) is 0 Å². The third-order valence-corrected chi connectivity index (χ3v) is 4.26. The maximum Gasteiger partial charge on any atom is 0.305 e. The number of benzene rings is 1. The molecule has 1 N–H and O–H groups in total. The normalized spacial score (nSPS) is 20.3. The third kappa shape index (κ3) is 3.30. The zero-order chi connectivity index (χ0) is 17.1. The van der Waals surface area contributed by atoms with Crippen molar-refractivity contribution in [2.24, 2.45) is 0 Å². The molecule has 0 aliphatic carbocycles. The van der Waals surface area contributed by atoms with Crippen LogP contribution in [-0.2, 0) is 9.53 Å². The summed E-state index contributed by atoms with van der Waals surface area (Å²) in [5.74, 6) is -1.09. The number of carbonyl (C=O) groups is 2. The summed E-state index contributed by atoms with van der Waals surface area (Å²) in [6, 6.07) is 8.58. The number of amides is 1. The molecule has 1 fully saturated rings. The summed E-state index contributed by atoms with van der Waals surface area (Å²) in [7, 11) is 1.58. The van der Waals surface area contributed by atoms with Crippen molar-refractivity contribution < 1.29 is 19.4 Å². The van der Waals surface area contributed by atoms with Crippen molar-refractivity contribution in [3.8, 4) is 5.69 Å². The highest BCUT2D eigenvalue weighted by Crippen LogP contribution is 2.25. The van der Waals surface area contributed by atoms with Crippen molar-refractivity contribution in [2.75, 3.05) is 13.7 Å². The van der Waals surface area contributed by atoms with Gasteiger partial charge in [-0.2, -0.15) is 5.10 Å². The Morgan fingerprint density at radius 3 is 2.67 bits per heavy atom. The van der Waals surface area contributed by atoms with Crippen molar-refractivity contribution in [2.45, 2.75) is 25.0 Å². The molecule has 2 aromatic rings. The summed E-state index contributed by atoms with van der Waals surface area (Å²) < 4.78 is 7.02. The van der Waals surface area contributed by atoms with Crippen LogP contribution in [0.5, 0.6) is 0 Å². The summed E-state index contributed by atoms with van der Waals surface area (Å²) in [5, 5.41) is 13.2. The van der Waals surface area contributed by atoms with Crippen molar-refractivity contribution >= 4 is 11.9 Å². The summed E-state index contributed by atoms with van der Waals surface area (Å²) in [4.78, 5) is 25.4. The predicted octanol–water partition coefficient (Wildman–Crippen LogP) is 1.58. The van der Waals surface area contributed by atoms with Gasteiger partial charge in [-0.25, -0.2) is 4.68 Å². The summed E-state index contributed by atoms with van der Waals surface area (Å²) in [6.45, 7) is 0.411. The van der Waals surface area contributed by atoms with Crippen molar-refractivity contribution in [1.29, 1.82) is 0 Å². The number of carboxylic acids is 1. The molecule has 1 amide bonds. The minimum Gasteiger partial charge on any atom is -0.481 e. The minimum atomic E-state index is -0.913. The molecule has 1 aliphatic heterocycles. The van der Waals surface area contributed by atoms with Gasteiger partial charge >= 0.3 is 5.97 Å². The average molecular weight is 329 g/mol. The largest absolute Gasteiger partial charge is 0.481 e. The number of likely N-dealkylation sites (tertiary alicyclic amines) is 1. The molecular weight excluding hydrogens is 310 g/mol. The lowest BCUT2D eigenvalue weighted by Gasteiger charge is -2.23. The van der Waals surface area contributed by atoms with Gasteiger partial charge in [-0.3, -0.25) is 9.59 Å². The Kier molecular flexibility index (Phi) is 4.61. The fourth-order valence-electron chi connectivity index (χ4n) is 3.03. The van der Waals surface area contributed by atoms with E-state index in [1.807, 2.05) is 24.4 Å². The molecule has 7 heteroatoms. The maximum atomic E-state index is 12.8. The summed E-state index contributed by atoms with van der Waals surface area (Å²) in [5.41, 5.74) is 1.38. The molecule has 1 saturated heterocycles. The van der Waals surface area contributed by atoms with Crippen LogP contribution in [0.1, 0.15) is 23.2 Å². The van der Waals surface area contributed by atoms with Crippen LogP contribution in [0.25, 0.3) is 5.69 Å². The molecule has 1 aromatic heterocycles. The number of carboxylic acid groups (broad SMARTS) is 1. The molecule has 24 heavy (non-hydrogen) atoms. The van der Waals surface area contributed by atoms with Crippen molar-refractivity contribution in [3.05, 3.63) is 48.3 Å². The van der Waals surface area contributed by atoms with Crippen molar-refractivity contribution in [3.63, 3.8) is 0 Å². The fourth-order valence-corrected chi connectivity index (χ4v) is 3.03. The van der Waals surface area contributed by atoms with Crippen LogP contribution in [0, 0.1) is 0 Å². The molecule has 2 unspecified atom stereocenters. The van der Waals surface area contributed by atoms with E-state index in [1.54, 1.807) is 35.0 Å². The monoisotopic (exact) mass is 329 g/mol. The average Bonchev–Trinajstić information content (AvgIpc) is 3.23. The number of nitrogens with zero attached hydrogens (tertiary/aromatic N) is 3. The van der Waals surface area contributed by atoms with Crippen LogP contribution >= 0.6 is 0 Å². The molecule has 3 rings (SSSR count). The van der Waals surface area contributed by atoms with Gasteiger partial charge in [-0.05, 0) is 36.8 Å². The van der Waals surface area contributed by atoms with E-state index in [0.29, 0.717) is 18.5 Å². The lowest BCUT2D eigenvalue weighted by molar-refractivity contribution is -0.137. The molecule has 2 atom stereocenters. The molecule has 0 bridgehead atoms. The third-order valence-electron chi connectivity index (χ3n) is 4.26. The standard InChI is InChI=1S/C17H19N3O4/c1-24-15-9-14(10-16(21)22)19(11-15)17(23)12-3-5-13(6-4-12)20-8-2-7-18-20/h2-8,14-15H,9-11H2,1H3,(H,21,22). The number of hydrogen-bond donors (Lipinski definition) is 1. The number of aromatic nitrogens is 2. The van der Waals surface area contributed by atoms with E-state index in [1.165, 1.54) is 0 Å². The number of carbonyl (C=O) groups excluding carboxylic acids is 1. The van der Waals surface area contributed by atoms with Crippen LogP contribution < -0.4 is 0 Å². The second-order valence-electron chi connectivity index (χ2n) is 5.80. The first-order valence-electron chi connectivity index (χ1n) is 7.74. The first kappa shape index (κ1) is 16.2. The quantitative estimate of drug-likeness (QED) is 0.900. The smallest absolute Gasteiger partial charge is 0.305 e. The van der Waals surface area contributed by atoms with Crippen LogP contribution in [0.3, 0.4) is 0 Å². The van der Waals surface area contributed by atoms with Crippen LogP contribution in [0.4, 0.5) is 0 Å². The van der Waals surface area contributed by atoms with E-state index in [2.05, 4.69) is 5.10 Å². The van der Waals surface area contributed by atoms with E-state index in [0.717, 1.165) is 5.69 Å². The van der Waals surface area contributed by atoms with Gasteiger partial charge in [0.1, 0.15) is 0 Å². The minimum absolute atomic E-state index is 0.0724. The summed E-state index contributed by atoms with van der Waals surface area (Å²) in [6.07, 6.45) is 3.85. The van der Waals surface area contributed by atoms with Crippen LogP contribution in [0.2, 0.25) is 0 Å². The zero-order valence-corrected chi connectivity index (χ0v) is 13.3. The van der Waals surface area contributed by atoms with E-state index >= 15 is 0 Å². The molecule has 1 aliphatic rings. The van der Waals surface area contributed by atoms with Crippen LogP contribution in [-0.4, -0.2) is 57.5 Å². The first-order valence-corrected chi connectivity index (χ1v) is 7.74. The Bertz CT molecular complexity index is 712. The van der Waals surface area contributed by atoms with Crippen LogP contribution in [0.15, 0.2) is 42.7 Å². The Balaban J connectivity index is 1.78. The first-order chi connectivity index (χ1) is 11.6. The number of rotatable bonds is 5. The Hall–Kier alpha value is -2.67. The highest BCUT2D eigenvalue weighted by atomic mass is 16.5. The van der Waals surface area contributed by atoms with Gasteiger partial charge in [0.05, 0.1) is 18.2 Å². The molecule has 0 saturated carbocycles. The number of ether oxygens (including phenoxy) is 1. The maximum absolute atomic E-state index is 12.8. The number of methoxy groups -OCH3 is 1. The molecule has 7 nitrogen and oxygen atoms in total. The van der Waals surface area contributed by atoms with E-state index in [-0.39, 0.29) is 24.5 Å². The van der Waals surface area contributed by atoms with E-state index < -0.39 is 5.97 Å². The van der Waals surface area contributed by atoms with Gasteiger partial charge in [0.25, 0.3) is 5.91 Å². The molecule has 0 spiro atoms. The predicted molar refractivity (Wildman–Crippen MR) is 86.1 cm³/mol. The SMILES string of the molecule is COC1CC(CC(=O)O)N(C(=O)c2ccc(-n3cccn3)cc2)C1. The van der Waals surface area contributed by atoms with E-state index in [4.69, 9.17) is 9.84 Å². The van der Waals surface area contributed by atoms with Gasteiger partial charge in [0.15, 0.2) is 0 Å². The fraction of sp³-hybridized carbons (Fsp3) is 0.353. The van der Waals surface area contributed by atoms with Gasteiger partial charge in [0, 0.05) is 37.7 Å². The Labute approximate surface area is 139 Å². The lowest BCUT2D eigenvalue weighted by Crippen LogP contribution is -2.37. The zero-order valence-electron chi connectivity index (χ0n) is 13.3. The highest BCUT2D eigenvalue weighted by Gasteiger charge is 2.36. The molecule has 0 radical (unpaired) electrons. The molecule has 2 heterocycles. The number of hydrogen-bond acceptors (Lipinski definition) is 4. The molecular formula is C17H19N3O4. The Morgan fingerprint density at radius 1 is 1.33 bits per heavy atom. The topological polar surface area (TPSA) is 84.7 Å². The summed E-state index contributed by atoms with van der Waals surface area (Å²) >= 11 is 0. The van der Waals surface area contributed by atoms with Crippen molar-refractivity contribution in [1.82, 2.24) is 14.7 Å². The highest BCUT2D eigenvalue weighted by molar-refractivity contribution is 5.95. The van der Waals surface area contributed by atoms with E-state index in [9.17, 15) is 9.59 Å². The number of aliphatic carboxylic acids is 1. The second kappa shape index (κ2) is 6.84. The van der Waals surface area contributed by atoms with Gasteiger partial charge in [0.2, 0.25) is 0 Å². The molecule has 1 aromatic carbocycles. The van der Waals surface area contributed by atoms with Gasteiger partial charge in [-0.15, -0.1) is 0 Å².